The Morgan fingerprint density at radius 3 is 2.79 bits per heavy atom. The molecule has 0 spiro atoms. The number of carbonyl (C=O) groups excluding carboxylic acids is 1. The Labute approximate surface area is 146 Å². The lowest BCUT2D eigenvalue weighted by atomic mass is 10.0. The normalized spacial score (nSPS) is 19.3. The predicted octanol–water partition coefficient (Wildman–Crippen LogP) is 2.49. The first-order chi connectivity index (χ1) is 11.8. The molecule has 0 bridgehead atoms. The second-order valence-electron chi connectivity index (χ2n) is 6.64. The Morgan fingerprint density at radius 2 is 2.08 bits per heavy atom. The molecule has 4 rings (SSSR count). The summed E-state index contributed by atoms with van der Waals surface area (Å²) in [6, 6.07) is 6.93. The van der Waals surface area contributed by atoms with Crippen molar-refractivity contribution < 1.29 is 4.79 Å². The number of pyridine rings is 1. The molecular weight excluding hydrogens is 320 g/mol. The maximum Gasteiger partial charge on any atom is 0.226 e. The highest BCUT2D eigenvalue weighted by atomic mass is 32.1. The lowest BCUT2D eigenvalue weighted by molar-refractivity contribution is -0.121. The van der Waals surface area contributed by atoms with Gasteiger partial charge in [-0.3, -0.25) is 9.78 Å². The number of likely N-dealkylation sites (tertiary alicyclic amines) is 1. The van der Waals surface area contributed by atoms with Crippen molar-refractivity contribution >= 4 is 17.2 Å². The zero-order chi connectivity index (χ0) is 16.4. The van der Waals surface area contributed by atoms with Gasteiger partial charge in [-0.15, -0.1) is 11.3 Å². The molecule has 6 heteroatoms. The minimum Gasteiger partial charge on any atom is -0.353 e. The summed E-state index contributed by atoms with van der Waals surface area (Å²) >= 11 is 1.54. The number of amides is 1. The van der Waals surface area contributed by atoms with Crippen LogP contribution in [0.15, 0.2) is 29.8 Å². The van der Waals surface area contributed by atoms with Gasteiger partial charge >= 0.3 is 0 Å². The lowest BCUT2D eigenvalue weighted by Crippen LogP contribution is -2.45. The highest BCUT2D eigenvalue weighted by Gasteiger charge is 2.32. The number of piperidine rings is 1. The number of carbonyl (C=O) groups is 1. The monoisotopic (exact) mass is 342 g/mol. The van der Waals surface area contributed by atoms with Crippen LogP contribution in [0, 0.1) is 0 Å². The molecule has 2 aromatic rings. The van der Waals surface area contributed by atoms with Crippen LogP contribution in [0.1, 0.15) is 31.4 Å². The van der Waals surface area contributed by atoms with Gasteiger partial charge in [0.15, 0.2) is 0 Å². The van der Waals surface area contributed by atoms with E-state index in [4.69, 9.17) is 0 Å². The van der Waals surface area contributed by atoms with Crippen LogP contribution in [0.5, 0.6) is 0 Å². The van der Waals surface area contributed by atoms with Crippen LogP contribution in [0.2, 0.25) is 0 Å². The average molecular weight is 342 g/mol. The standard InChI is InChI=1S/C18H22N4OS/c23-17(20-13-6-9-22(10-7-13)15-4-5-15)11-14-12-24-18(21-14)16-3-1-2-8-19-16/h1-3,8,12-13,15H,4-7,9-11H2,(H,20,23). The van der Waals surface area contributed by atoms with E-state index in [9.17, 15) is 4.79 Å². The van der Waals surface area contributed by atoms with Gasteiger partial charge in [-0.2, -0.15) is 0 Å². The topological polar surface area (TPSA) is 58.1 Å². The molecule has 5 nitrogen and oxygen atoms in total. The molecule has 24 heavy (non-hydrogen) atoms. The summed E-state index contributed by atoms with van der Waals surface area (Å²) in [5, 5.41) is 6.01. The van der Waals surface area contributed by atoms with Crippen LogP contribution < -0.4 is 5.32 Å². The van der Waals surface area contributed by atoms with Crippen molar-refractivity contribution in [2.75, 3.05) is 13.1 Å². The first-order valence-corrected chi connectivity index (χ1v) is 9.55. The van der Waals surface area contributed by atoms with E-state index in [0.29, 0.717) is 12.5 Å². The molecule has 3 heterocycles. The van der Waals surface area contributed by atoms with Gasteiger partial charge in [0.1, 0.15) is 5.01 Å². The van der Waals surface area contributed by atoms with E-state index in [1.807, 2.05) is 23.6 Å². The van der Waals surface area contributed by atoms with Gasteiger partial charge in [0.05, 0.1) is 17.8 Å². The number of nitrogens with zero attached hydrogens (tertiary/aromatic N) is 3. The predicted molar refractivity (Wildman–Crippen MR) is 94.8 cm³/mol. The molecule has 126 valence electrons. The van der Waals surface area contributed by atoms with E-state index in [1.54, 1.807) is 17.5 Å². The van der Waals surface area contributed by atoms with E-state index in [2.05, 4.69) is 20.2 Å². The van der Waals surface area contributed by atoms with Gasteiger partial charge in [0, 0.05) is 36.8 Å². The summed E-state index contributed by atoms with van der Waals surface area (Å²) in [7, 11) is 0. The first kappa shape index (κ1) is 15.7. The summed E-state index contributed by atoms with van der Waals surface area (Å²) in [5.41, 5.74) is 1.69. The smallest absolute Gasteiger partial charge is 0.226 e. The molecule has 1 saturated heterocycles. The van der Waals surface area contributed by atoms with Crippen LogP contribution in [-0.2, 0) is 11.2 Å². The molecule has 1 saturated carbocycles. The van der Waals surface area contributed by atoms with Crippen LogP contribution >= 0.6 is 11.3 Å². The molecule has 0 aromatic carbocycles. The molecule has 1 N–H and O–H groups in total. The molecule has 2 fully saturated rings. The Morgan fingerprint density at radius 1 is 1.25 bits per heavy atom. The SMILES string of the molecule is O=C(Cc1csc(-c2ccccn2)n1)NC1CCN(C2CC2)CC1. The molecule has 1 aliphatic carbocycles. The van der Waals surface area contributed by atoms with Gasteiger partial charge in [-0.1, -0.05) is 6.07 Å². The van der Waals surface area contributed by atoms with Crippen molar-refractivity contribution in [1.82, 2.24) is 20.2 Å². The van der Waals surface area contributed by atoms with Gasteiger partial charge < -0.3 is 10.2 Å². The number of aromatic nitrogens is 2. The van der Waals surface area contributed by atoms with Crippen molar-refractivity contribution in [3.63, 3.8) is 0 Å². The summed E-state index contributed by atoms with van der Waals surface area (Å²) < 4.78 is 0. The number of hydrogen-bond donors (Lipinski definition) is 1. The molecule has 0 atom stereocenters. The largest absolute Gasteiger partial charge is 0.353 e. The molecule has 2 aromatic heterocycles. The average Bonchev–Trinajstić information content (AvgIpc) is 3.36. The molecule has 2 aliphatic rings. The van der Waals surface area contributed by atoms with E-state index >= 15 is 0 Å². The van der Waals surface area contributed by atoms with Gasteiger partial charge in [0.2, 0.25) is 5.91 Å². The fraction of sp³-hybridized carbons (Fsp3) is 0.500. The lowest BCUT2D eigenvalue weighted by Gasteiger charge is -2.32. The van der Waals surface area contributed by atoms with Crippen molar-refractivity contribution in [2.24, 2.45) is 0 Å². The van der Waals surface area contributed by atoms with Gasteiger partial charge in [0.25, 0.3) is 0 Å². The maximum absolute atomic E-state index is 12.3. The Kier molecular flexibility index (Phi) is 4.58. The van der Waals surface area contributed by atoms with E-state index in [1.165, 1.54) is 12.8 Å². The van der Waals surface area contributed by atoms with Gasteiger partial charge in [-0.25, -0.2) is 4.98 Å². The van der Waals surface area contributed by atoms with Crippen LogP contribution in [-0.4, -0.2) is 45.9 Å². The fourth-order valence-corrected chi connectivity index (χ4v) is 4.08. The highest BCUT2D eigenvalue weighted by molar-refractivity contribution is 7.13. The third-order valence-electron chi connectivity index (χ3n) is 4.74. The van der Waals surface area contributed by atoms with Crippen molar-refractivity contribution in [1.29, 1.82) is 0 Å². The van der Waals surface area contributed by atoms with E-state index < -0.39 is 0 Å². The minimum absolute atomic E-state index is 0.0812. The summed E-state index contributed by atoms with van der Waals surface area (Å²) in [5.74, 6) is 0.0812. The van der Waals surface area contributed by atoms with Crippen molar-refractivity contribution in [3.8, 4) is 10.7 Å². The van der Waals surface area contributed by atoms with Crippen LogP contribution in [0.3, 0.4) is 0 Å². The quantitative estimate of drug-likeness (QED) is 0.907. The molecule has 0 unspecified atom stereocenters. The minimum atomic E-state index is 0.0812. The van der Waals surface area contributed by atoms with Gasteiger partial charge in [-0.05, 0) is 37.8 Å². The molecular formula is C18H22N4OS. The Hall–Kier alpha value is -1.79. The second kappa shape index (κ2) is 6.99. The number of hydrogen-bond acceptors (Lipinski definition) is 5. The highest BCUT2D eigenvalue weighted by Crippen LogP contribution is 2.29. The number of nitrogens with one attached hydrogen (secondary N) is 1. The molecule has 1 amide bonds. The fourth-order valence-electron chi connectivity index (χ4n) is 3.29. The van der Waals surface area contributed by atoms with Crippen LogP contribution in [0.25, 0.3) is 10.7 Å². The van der Waals surface area contributed by atoms with E-state index in [0.717, 1.165) is 48.4 Å². The number of thiazole rings is 1. The second-order valence-corrected chi connectivity index (χ2v) is 7.50. The Balaban J connectivity index is 1.28. The zero-order valence-corrected chi connectivity index (χ0v) is 14.5. The van der Waals surface area contributed by atoms with E-state index in [-0.39, 0.29) is 5.91 Å². The third-order valence-corrected chi connectivity index (χ3v) is 5.65. The molecule has 1 aliphatic heterocycles. The van der Waals surface area contributed by atoms with Crippen molar-refractivity contribution in [2.45, 2.75) is 44.2 Å². The Bertz CT molecular complexity index is 690. The number of rotatable bonds is 5. The zero-order valence-electron chi connectivity index (χ0n) is 13.6. The molecule has 0 radical (unpaired) electrons. The van der Waals surface area contributed by atoms with Crippen molar-refractivity contribution in [3.05, 3.63) is 35.5 Å². The third kappa shape index (κ3) is 3.82. The van der Waals surface area contributed by atoms with Crippen LogP contribution in [0.4, 0.5) is 0 Å². The summed E-state index contributed by atoms with van der Waals surface area (Å²) in [4.78, 5) is 23.7. The first-order valence-electron chi connectivity index (χ1n) is 8.67. The summed E-state index contributed by atoms with van der Waals surface area (Å²) in [6.45, 7) is 2.24. The summed E-state index contributed by atoms with van der Waals surface area (Å²) in [6.07, 6.45) is 6.97. The maximum atomic E-state index is 12.3.